The van der Waals surface area contributed by atoms with Crippen LogP contribution in [-0.2, 0) is 9.61 Å². The number of hydrogen-bond donors (Lipinski definition) is 2. The second kappa shape index (κ2) is 4.68. The van der Waals surface area contributed by atoms with Crippen LogP contribution in [0.2, 0.25) is 0 Å². The fourth-order valence-electron chi connectivity index (χ4n) is 0.590. The van der Waals surface area contributed by atoms with Crippen LogP contribution in [0, 0.1) is 0 Å². The molecule has 0 aliphatic heterocycles. The Bertz CT molecular complexity index is 216. The molecule has 0 aliphatic carbocycles. The van der Waals surface area contributed by atoms with E-state index in [-0.39, 0.29) is 0 Å². The molecule has 0 atom stereocenters. The predicted octanol–water partition coefficient (Wildman–Crippen LogP) is 0.424. The minimum atomic E-state index is -1.55. The smallest absolute Gasteiger partial charge is 0.509 e. The van der Waals surface area contributed by atoms with Crippen LogP contribution in [0.5, 0.6) is 5.75 Å². The number of rotatable bonds is 4. The zero-order chi connectivity index (χ0) is 8.81. The van der Waals surface area contributed by atoms with Crippen LogP contribution in [0.1, 0.15) is 0 Å². The van der Waals surface area contributed by atoms with Crippen LogP contribution < -0.4 is 4.65 Å². The summed E-state index contributed by atoms with van der Waals surface area (Å²) in [5.74, 6) is 0.345. The van der Waals surface area contributed by atoms with Crippen molar-refractivity contribution in [3.63, 3.8) is 0 Å². The second-order valence-electron chi connectivity index (χ2n) is 1.80. The molecule has 0 bridgehead atoms. The molecule has 1 aromatic heterocycles. The van der Waals surface area contributed by atoms with Gasteiger partial charge in [-0.1, -0.05) is 0 Å². The summed E-state index contributed by atoms with van der Waals surface area (Å²) >= 11 is 0. The molecule has 2 N–H and O–H groups in total. The summed E-state index contributed by atoms with van der Waals surface area (Å²) in [6, 6.07) is 3.01. The predicted molar refractivity (Wildman–Crippen MR) is 38.0 cm³/mol. The maximum atomic E-state index is 8.06. The van der Waals surface area contributed by atoms with E-state index in [9.17, 15) is 0 Å². The molecule has 0 spiro atoms. The van der Waals surface area contributed by atoms with Crippen molar-refractivity contribution in [2.75, 3.05) is 0 Å². The van der Waals surface area contributed by atoms with Gasteiger partial charge in [0.05, 0.1) is 0 Å². The molecule has 64 valence electrons. The molecule has 0 amide bonds. The van der Waals surface area contributed by atoms with Crippen molar-refractivity contribution >= 4 is 7.32 Å². The van der Waals surface area contributed by atoms with Gasteiger partial charge in [-0.05, 0) is 12.1 Å². The van der Waals surface area contributed by atoms with Crippen molar-refractivity contribution < 1.29 is 24.8 Å². The molecule has 1 rings (SSSR count). The molecule has 1 aromatic rings. The van der Waals surface area contributed by atoms with Crippen molar-refractivity contribution in [3.8, 4) is 5.75 Å². The standard InChI is InChI=1S/C5H6BNO5/c8-11-6(12-9)10-5-1-3-7-4-2-5/h1-4,8-9H. The molecule has 6 nitrogen and oxygen atoms in total. The minimum Gasteiger partial charge on any atom is -0.509 e. The third-order valence-corrected chi connectivity index (χ3v) is 1.05. The highest BCUT2D eigenvalue weighted by Gasteiger charge is 2.24. The fraction of sp³-hybridized carbons (Fsp3) is 0. The van der Waals surface area contributed by atoms with Crippen LogP contribution in [0.15, 0.2) is 24.5 Å². The van der Waals surface area contributed by atoms with Gasteiger partial charge >= 0.3 is 7.32 Å². The van der Waals surface area contributed by atoms with E-state index in [0.29, 0.717) is 5.75 Å². The zero-order valence-corrected chi connectivity index (χ0v) is 5.95. The Morgan fingerprint density at radius 2 is 1.75 bits per heavy atom. The average Bonchev–Trinajstić information content (AvgIpc) is 2.16. The van der Waals surface area contributed by atoms with Crippen molar-refractivity contribution in [2.45, 2.75) is 0 Å². The highest BCUT2D eigenvalue weighted by molar-refractivity contribution is 6.36. The van der Waals surface area contributed by atoms with Crippen molar-refractivity contribution in [2.24, 2.45) is 0 Å². The molecular weight excluding hydrogens is 165 g/mol. The number of hydrogen-bond acceptors (Lipinski definition) is 6. The first kappa shape index (κ1) is 8.95. The van der Waals surface area contributed by atoms with E-state index in [1.807, 2.05) is 0 Å². The molecule has 0 saturated heterocycles. The quantitative estimate of drug-likeness (QED) is 0.388. The molecule has 0 radical (unpaired) electrons. The first-order chi connectivity index (χ1) is 5.86. The van der Waals surface area contributed by atoms with Gasteiger partial charge in [0.2, 0.25) is 0 Å². The Morgan fingerprint density at radius 1 is 1.17 bits per heavy atom. The average molecular weight is 171 g/mol. The Morgan fingerprint density at radius 3 is 2.25 bits per heavy atom. The van der Waals surface area contributed by atoms with Crippen molar-refractivity contribution in [1.29, 1.82) is 0 Å². The third-order valence-electron chi connectivity index (χ3n) is 1.05. The lowest BCUT2D eigenvalue weighted by Gasteiger charge is -2.06. The van der Waals surface area contributed by atoms with Gasteiger partial charge in [0.25, 0.3) is 0 Å². The van der Waals surface area contributed by atoms with Gasteiger partial charge in [0.15, 0.2) is 0 Å². The van der Waals surface area contributed by atoms with Gasteiger partial charge in [-0.2, -0.15) is 0 Å². The summed E-state index contributed by atoms with van der Waals surface area (Å²) in [5, 5.41) is 16.1. The monoisotopic (exact) mass is 171 g/mol. The van der Waals surface area contributed by atoms with Crippen molar-refractivity contribution in [1.82, 2.24) is 4.98 Å². The summed E-state index contributed by atoms with van der Waals surface area (Å²) in [4.78, 5) is 10.9. The second-order valence-corrected chi connectivity index (χ2v) is 1.80. The van der Waals surface area contributed by atoms with E-state index >= 15 is 0 Å². The molecule has 0 unspecified atom stereocenters. The molecule has 0 saturated carbocycles. The van der Waals surface area contributed by atoms with Gasteiger partial charge in [0, 0.05) is 12.4 Å². The molecule has 7 heteroatoms. The van der Waals surface area contributed by atoms with E-state index in [1.54, 1.807) is 0 Å². The Hall–Kier alpha value is -1.15. The summed E-state index contributed by atoms with van der Waals surface area (Å²) in [7, 11) is -1.55. The summed E-state index contributed by atoms with van der Waals surface area (Å²) in [5.41, 5.74) is 0. The first-order valence-corrected chi connectivity index (χ1v) is 3.04. The normalized spacial score (nSPS) is 9.50. The summed E-state index contributed by atoms with van der Waals surface area (Å²) in [6.45, 7) is 0. The zero-order valence-electron chi connectivity index (χ0n) is 5.95. The summed E-state index contributed by atoms with van der Waals surface area (Å²) in [6.07, 6.45) is 2.95. The molecule has 0 aromatic carbocycles. The van der Waals surface area contributed by atoms with Crippen LogP contribution in [0.25, 0.3) is 0 Å². The lowest BCUT2D eigenvalue weighted by Crippen LogP contribution is -2.27. The molecule has 12 heavy (non-hydrogen) atoms. The van der Waals surface area contributed by atoms with E-state index in [1.165, 1.54) is 24.5 Å². The van der Waals surface area contributed by atoms with E-state index in [4.69, 9.17) is 15.2 Å². The minimum absolute atomic E-state index is 0.345. The number of pyridine rings is 1. The van der Waals surface area contributed by atoms with Gasteiger partial charge in [0.1, 0.15) is 5.75 Å². The number of nitrogens with zero attached hydrogens (tertiary/aromatic N) is 1. The molecule has 0 aliphatic rings. The van der Waals surface area contributed by atoms with Crippen LogP contribution >= 0.6 is 0 Å². The Kier molecular flexibility index (Phi) is 3.49. The molecule has 0 fully saturated rings. The van der Waals surface area contributed by atoms with E-state index in [2.05, 4.69) is 14.6 Å². The highest BCUT2D eigenvalue weighted by Crippen LogP contribution is 2.07. The molecular formula is C5H6BNO5. The SMILES string of the molecule is OOB(OO)Oc1ccncc1. The molecule has 1 heterocycles. The summed E-state index contributed by atoms with van der Waals surface area (Å²) < 4.78 is 4.73. The van der Waals surface area contributed by atoms with Gasteiger partial charge in [-0.3, -0.25) is 15.5 Å². The first-order valence-electron chi connectivity index (χ1n) is 3.04. The lowest BCUT2D eigenvalue weighted by atomic mass is 10.2. The lowest BCUT2D eigenvalue weighted by molar-refractivity contribution is -0.242. The van der Waals surface area contributed by atoms with Crippen LogP contribution in [0.4, 0.5) is 0 Å². The maximum Gasteiger partial charge on any atom is 0.770 e. The highest BCUT2D eigenvalue weighted by atomic mass is 17.2. The largest absolute Gasteiger partial charge is 0.770 e. The van der Waals surface area contributed by atoms with Crippen LogP contribution in [-0.4, -0.2) is 22.8 Å². The van der Waals surface area contributed by atoms with Gasteiger partial charge < -0.3 is 4.65 Å². The Labute approximate surface area is 68.4 Å². The van der Waals surface area contributed by atoms with Crippen LogP contribution in [0.3, 0.4) is 0 Å². The third kappa shape index (κ3) is 2.48. The topological polar surface area (TPSA) is 81.0 Å². The van der Waals surface area contributed by atoms with E-state index < -0.39 is 7.32 Å². The van der Waals surface area contributed by atoms with Gasteiger partial charge in [-0.25, -0.2) is 9.61 Å². The number of aromatic nitrogens is 1. The Balaban J connectivity index is 2.51. The maximum absolute atomic E-state index is 8.06. The fourth-order valence-corrected chi connectivity index (χ4v) is 0.590. The van der Waals surface area contributed by atoms with Gasteiger partial charge in [-0.15, -0.1) is 0 Å². The van der Waals surface area contributed by atoms with Crippen molar-refractivity contribution in [3.05, 3.63) is 24.5 Å². The van der Waals surface area contributed by atoms with E-state index in [0.717, 1.165) is 0 Å².